The minimum Gasteiger partial charge on any atom is -0.381 e. The second-order valence-corrected chi connectivity index (χ2v) is 7.83. The van der Waals surface area contributed by atoms with Crippen LogP contribution in [-0.4, -0.2) is 59.3 Å². The van der Waals surface area contributed by atoms with Crippen molar-refractivity contribution in [1.82, 2.24) is 15.5 Å². The molecule has 2 atom stereocenters. The van der Waals surface area contributed by atoms with Crippen LogP contribution in [0.2, 0.25) is 5.02 Å². The number of carbonyl (C=O) groups is 2. The Bertz CT molecular complexity index is 757. The third-order valence-corrected chi connectivity index (χ3v) is 5.13. The fourth-order valence-electron chi connectivity index (χ4n) is 3.46. The Hall–Kier alpha value is -1.71. The summed E-state index contributed by atoms with van der Waals surface area (Å²) in [4.78, 5) is 26.2. The standard InChI is InChI=1S/C18H24ClN3O5/c1-11-6-13(19)5-4-12(11)7-22(10-23)9-18(15(24)20-16(25)21-18)14-8-26-17(2,3)27-14/h4-6,14,23H,7-10H2,1-3H3,(H2,20,21,24,25)/t14-,18+/m1/s1. The van der Waals surface area contributed by atoms with E-state index in [0.29, 0.717) is 11.6 Å². The van der Waals surface area contributed by atoms with Crippen molar-refractivity contribution in [2.24, 2.45) is 0 Å². The van der Waals surface area contributed by atoms with Crippen LogP contribution >= 0.6 is 11.6 Å². The fraction of sp³-hybridized carbons (Fsp3) is 0.556. The molecule has 2 aliphatic rings. The maximum Gasteiger partial charge on any atom is 0.322 e. The monoisotopic (exact) mass is 397 g/mol. The van der Waals surface area contributed by atoms with Gasteiger partial charge in [-0.05, 0) is 44.0 Å². The molecule has 3 amide bonds. The van der Waals surface area contributed by atoms with E-state index < -0.39 is 29.4 Å². The van der Waals surface area contributed by atoms with Crippen molar-refractivity contribution in [3.05, 3.63) is 34.3 Å². The Labute approximate surface area is 162 Å². The van der Waals surface area contributed by atoms with E-state index in [4.69, 9.17) is 21.1 Å². The Morgan fingerprint density at radius 3 is 2.63 bits per heavy atom. The molecule has 2 fully saturated rings. The average Bonchev–Trinajstić information content (AvgIpc) is 3.08. The van der Waals surface area contributed by atoms with E-state index in [0.717, 1.165) is 11.1 Å². The highest BCUT2D eigenvalue weighted by Gasteiger charge is 2.57. The predicted molar refractivity (Wildman–Crippen MR) is 98.0 cm³/mol. The number of amides is 3. The predicted octanol–water partition coefficient (Wildman–Crippen LogP) is 1.13. The summed E-state index contributed by atoms with van der Waals surface area (Å²) in [6.45, 7) is 5.71. The number of hydrogen-bond acceptors (Lipinski definition) is 6. The molecule has 0 radical (unpaired) electrons. The number of rotatable bonds is 6. The van der Waals surface area contributed by atoms with Gasteiger partial charge in [-0.2, -0.15) is 0 Å². The zero-order chi connectivity index (χ0) is 19.8. The molecule has 3 rings (SSSR count). The van der Waals surface area contributed by atoms with Crippen molar-refractivity contribution in [1.29, 1.82) is 0 Å². The van der Waals surface area contributed by atoms with Crippen LogP contribution in [0.25, 0.3) is 0 Å². The molecule has 0 spiro atoms. The molecule has 0 saturated carbocycles. The van der Waals surface area contributed by atoms with E-state index in [1.54, 1.807) is 24.8 Å². The van der Waals surface area contributed by atoms with E-state index in [9.17, 15) is 14.7 Å². The van der Waals surface area contributed by atoms with Crippen molar-refractivity contribution in [3.63, 3.8) is 0 Å². The van der Waals surface area contributed by atoms with Gasteiger partial charge in [-0.1, -0.05) is 17.7 Å². The maximum absolute atomic E-state index is 12.7. The number of aryl methyl sites for hydroxylation is 1. The average molecular weight is 398 g/mol. The lowest BCUT2D eigenvalue weighted by atomic mass is 9.91. The van der Waals surface area contributed by atoms with Crippen molar-refractivity contribution in [2.45, 2.75) is 44.7 Å². The molecule has 1 aromatic rings. The molecule has 2 heterocycles. The van der Waals surface area contributed by atoms with Gasteiger partial charge in [0.2, 0.25) is 0 Å². The molecular weight excluding hydrogens is 374 g/mol. The summed E-state index contributed by atoms with van der Waals surface area (Å²) in [5.74, 6) is -1.35. The van der Waals surface area contributed by atoms with Gasteiger partial charge in [-0.15, -0.1) is 0 Å². The van der Waals surface area contributed by atoms with E-state index in [1.807, 2.05) is 19.1 Å². The van der Waals surface area contributed by atoms with Gasteiger partial charge in [0, 0.05) is 18.1 Å². The van der Waals surface area contributed by atoms with Crippen molar-refractivity contribution >= 4 is 23.5 Å². The number of benzene rings is 1. The minimum atomic E-state index is -1.35. The third-order valence-electron chi connectivity index (χ3n) is 4.90. The highest BCUT2D eigenvalue weighted by Crippen LogP contribution is 2.32. The summed E-state index contributed by atoms with van der Waals surface area (Å²) in [6.07, 6.45) is -0.681. The van der Waals surface area contributed by atoms with E-state index in [1.165, 1.54) is 0 Å². The first-order valence-electron chi connectivity index (χ1n) is 8.69. The molecule has 0 aliphatic carbocycles. The zero-order valence-electron chi connectivity index (χ0n) is 15.5. The van der Waals surface area contributed by atoms with Crippen LogP contribution in [-0.2, 0) is 20.8 Å². The lowest BCUT2D eigenvalue weighted by molar-refractivity contribution is -0.155. The molecule has 3 N–H and O–H groups in total. The Balaban J connectivity index is 1.84. The van der Waals surface area contributed by atoms with Gasteiger partial charge in [0.15, 0.2) is 11.3 Å². The second-order valence-electron chi connectivity index (χ2n) is 7.40. The number of imide groups is 1. The smallest absolute Gasteiger partial charge is 0.322 e. The van der Waals surface area contributed by atoms with Crippen LogP contribution < -0.4 is 10.6 Å². The number of urea groups is 1. The Kier molecular flexibility index (Phi) is 5.47. The molecule has 1 aromatic carbocycles. The van der Waals surface area contributed by atoms with Gasteiger partial charge in [0.1, 0.15) is 6.10 Å². The summed E-state index contributed by atoms with van der Waals surface area (Å²) in [5, 5.41) is 15.5. The lowest BCUT2D eigenvalue weighted by Crippen LogP contribution is -2.63. The zero-order valence-corrected chi connectivity index (χ0v) is 16.3. The van der Waals surface area contributed by atoms with Crippen LogP contribution in [0.15, 0.2) is 18.2 Å². The number of nitrogens with zero attached hydrogens (tertiary/aromatic N) is 1. The van der Waals surface area contributed by atoms with Gasteiger partial charge in [0.05, 0.1) is 13.3 Å². The Morgan fingerprint density at radius 2 is 2.11 bits per heavy atom. The molecular formula is C18H24ClN3O5. The number of aliphatic hydroxyl groups is 1. The van der Waals surface area contributed by atoms with Crippen molar-refractivity contribution < 1.29 is 24.2 Å². The molecule has 0 aromatic heterocycles. The number of ether oxygens (including phenoxy) is 2. The largest absolute Gasteiger partial charge is 0.381 e. The molecule has 2 aliphatic heterocycles. The molecule has 0 unspecified atom stereocenters. The molecule has 2 saturated heterocycles. The van der Waals surface area contributed by atoms with Crippen LogP contribution in [0.4, 0.5) is 4.79 Å². The third kappa shape index (κ3) is 4.09. The number of carbonyl (C=O) groups excluding carboxylic acids is 2. The fourth-order valence-corrected chi connectivity index (χ4v) is 3.69. The summed E-state index contributed by atoms with van der Waals surface area (Å²) < 4.78 is 11.5. The molecule has 0 bridgehead atoms. The second kappa shape index (κ2) is 7.37. The van der Waals surface area contributed by atoms with E-state index in [2.05, 4.69) is 10.6 Å². The quantitative estimate of drug-likeness (QED) is 0.491. The summed E-state index contributed by atoms with van der Waals surface area (Å²) in [7, 11) is 0. The van der Waals surface area contributed by atoms with Crippen molar-refractivity contribution in [3.8, 4) is 0 Å². The van der Waals surface area contributed by atoms with E-state index in [-0.39, 0.29) is 19.9 Å². The normalized spacial score (nSPS) is 27.1. The number of nitrogens with one attached hydrogen (secondary N) is 2. The highest BCUT2D eigenvalue weighted by molar-refractivity contribution is 6.30. The number of hydrogen-bond donors (Lipinski definition) is 3. The first-order valence-corrected chi connectivity index (χ1v) is 9.06. The molecule has 148 valence electrons. The van der Waals surface area contributed by atoms with Gasteiger partial charge in [-0.25, -0.2) is 4.79 Å². The summed E-state index contributed by atoms with van der Waals surface area (Å²) in [6, 6.07) is 4.89. The van der Waals surface area contributed by atoms with E-state index >= 15 is 0 Å². The molecule has 27 heavy (non-hydrogen) atoms. The first-order chi connectivity index (χ1) is 12.6. The van der Waals surface area contributed by atoms with Crippen molar-refractivity contribution in [2.75, 3.05) is 19.9 Å². The topological polar surface area (TPSA) is 100 Å². The summed E-state index contributed by atoms with van der Waals surface area (Å²) in [5.41, 5.74) is 0.572. The molecule has 8 nitrogen and oxygen atoms in total. The van der Waals surface area contributed by atoms with Gasteiger partial charge in [0.25, 0.3) is 5.91 Å². The van der Waals surface area contributed by atoms with Crippen LogP contribution in [0.5, 0.6) is 0 Å². The van der Waals surface area contributed by atoms with Gasteiger partial charge >= 0.3 is 6.03 Å². The summed E-state index contributed by atoms with van der Waals surface area (Å²) >= 11 is 6.00. The lowest BCUT2D eigenvalue weighted by Gasteiger charge is -2.36. The minimum absolute atomic E-state index is 0.0627. The molecule has 9 heteroatoms. The van der Waals surface area contributed by atoms with Crippen LogP contribution in [0.3, 0.4) is 0 Å². The maximum atomic E-state index is 12.7. The Morgan fingerprint density at radius 1 is 1.37 bits per heavy atom. The number of aliphatic hydroxyl groups excluding tert-OH is 1. The highest BCUT2D eigenvalue weighted by atomic mass is 35.5. The van der Waals surface area contributed by atoms with Crippen LogP contribution in [0, 0.1) is 6.92 Å². The van der Waals surface area contributed by atoms with Crippen LogP contribution in [0.1, 0.15) is 25.0 Å². The SMILES string of the molecule is Cc1cc(Cl)ccc1CN(CO)C[C@@]1([C@H]2COC(C)(C)O2)NC(=O)NC1=O. The van der Waals surface area contributed by atoms with Gasteiger partial charge in [-0.3, -0.25) is 15.0 Å². The first kappa shape index (κ1) is 20.0. The van der Waals surface area contributed by atoms with Gasteiger partial charge < -0.3 is 19.9 Å². The number of halogens is 1.